The number of nitrogens with one attached hydrogen (secondary N) is 1. The minimum absolute atomic E-state index is 0.00763. The van der Waals surface area contributed by atoms with Crippen molar-refractivity contribution in [2.24, 2.45) is 0 Å². The molecular weight excluding hydrogens is 388 g/mol. The monoisotopic (exact) mass is 410 g/mol. The number of anilines is 1. The van der Waals surface area contributed by atoms with E-state index in [-0.39, 0.29) is 10.8 Å². The van der Waals surface area contributed by atoms with Crippen LogP contribution in [0.5, 0.6) is 0 Å². The molecule has 0 atom stereocenters. The van der Waals surface area contributed by atoms with Crippen LogP contribution in [0.25, 0.3) is 0 Å². The van der Waals surface area contributed by atoms with Crippen molar-refractivity contribution in [3.63, 3.8) is 0 Å². The topological polar surface area (TPSA) is 75.7 Å². The zero-order valence-electron chi connectivity index (χ0n) is 15.5. The van der Waals surface area contributed by atoms with Gasteiger partial charge in [0.05, 0.1) is 10.6 Å². The van der Waals surface area contributed by atoms with Gasteiger partial charge in [0.25, 0.3) is 16.0 Å². The van der Waals surface area contributed by atoms with Crippen LogP contribution in [0.1, 0.15) is 16.7 Å². The van der Waals surface area contributed by atoms with Crippen LogP contribution >= 0.6 is 11.6 Å². The molecule has 0 aliphatic rings. The Hall–Kier alpha value is -1.93. The molecule has 0 saturated carbocycles. The lowest BCUT2D eigenvalue weighted by molar-refractivity contribution is -0.121. The lowest BCUT2D eigenvalue weighted by Gasteiger charge is -2.26. The second-order valence-corrected chi connectivity index (χ2v) is 8.09. The lowest BCUT2D eigenvalue weighted by atomic mass is 10.1. The minimum Gasteiger partial charge on any atom is -0.270 e. The molecule has 0 aliphatic heterocycles. The summed E-state index contributed by atoms with van der Waals surface area (Å²) in [6.45, 7) is 5.31. The molecule has 146 valence electrons. The Morgan fingerprint density at radius 1 is 1.07 bits per heavy atom. The molecule has 0 bridgehead atoms. The van der Waals surface area contributed by atoms with Gasteiger partial charge in [0.1, 0.15) is 6.61 Å². The first-order valence-electron chi connectivity index (χ1n) is 8.41. The molecule has 0 fully saturated rings. The maximum atomic E-state index is 12.7. The summed E-state index contributed by atoms with van der Waals surface area (Å²) in [5, 5.41) is 1.30. The maximum Gasteiger partial charge on any atom is 0.297 e. The van der Waals surface area contributed by atoms with Crippen LogP contribution in [0.4, 0.5) is 5.69 Å². The third-order valence-corrected chi connectivity index (χ3v) is 5.39. The van der Waals surface area contributed by atoms with E-state index in [1.807, 2.05) is 39.0 Å². The van der Waals surface area contributed by atoms with E-state index in [1.54, 1.807) is 12.1 Å². The molecule has 0 unspecified atom stereocenters. The standard InChI is InChI=1S/C19H23ClN2O4S/c1-14-7-9-17(10-8-14)27(24,25)26-13-18(23)22(21-12-11-20)19-15(2)5-4-6-16(19)3/h4-10,21H,11-13H2,1-3H3. The molecule has 0 spiro atoms. The molecule has 8 heteroatoms. The second-order valence-electron chi connectivity index (χ2n) is 6.10. The summed E-state index contributed by atoms with van der Waals surface area (Å²) in [7, 11) is -4.03. The molecule has 6 nitrogen and oxygen atoms in total. The number of halogens is 1. The van der Waals surface area contributed by atoms with E-state index in [2.05, 4.69) is 5.43 Å². The van der Waals surface area contributed by atoms with Crippen LogP contribution in [0, 0.1) is 20.8 Å². The fraction of sp³-hybridized carbons (Fsp3) is 0.316. The Morgan fingerprint density at radius 3 is 2.22 bits per heavy atom. The number of nitrogens with zero attached hydrogens (tertiary/aromatic N) is 1. The molecule has 0 saturated heterocycles. The van der Waals surface area contributed by atoms with Gasteiger partial charge in [-0.3, -0.25) is 8.98 Å². The highest BCUT2D eigenvalue weighted by Gasteiger charge is 2.23. The number of aryl methyl sites for hydroxylation is 3. The molecular formula is C19H23ClN2O4S. The average Bonchev–Trinajstić information content (AvgIpc) is 2.62. The van der Waals surface area contributed by atoms with Crippen molar-refractivity contribution >= 4 is 33.3 Å². The van der Waals surface area contributed by atoms with Gasteiger partial charge in [-0.25, -0.2) is 10.4 Å². The van der Waals surface area contributed by atoms with Gasteiger partial charge in [-0.2, -0.15) is 8.42 Å². The number of carbonyl (C=O) groups is 1. The first kappa shape index (κ1) is 21.4. The Labute approximate surface area is 165 Å². The quantitative estimate of drug-likeness (QED) is 0.411. The highest BCUT2D eigenvalue weighted by atomic mass is 35.5. The molecule has 2 rings (SSSR count). The van der Waals surface area contributed by atoms with Crippen molar-refractivity contribution in [2.75, 3.05) is 24.0 Å². The number of hydrazine groups is 1. The normalized spacial score (nSPS) is 11.4. The van der Waals surface area contributed by atoms with E-state index in [0.29, 0.717) is 12.2 Å². The molecule has 1 N–H and O–H groups in total. The van der Waals surface area contributed by atoms with Crippen LogP contribution < -0.4 is 10.4 Å². The van der Waals surface area contributed by atoms with Crippen molar-refractivity contribution < 1.29 is 17.4 Å². The van der Waals surface area contributed by atoms with Gasteiger partial charge in [0, 0.05) is 12.4 Å². The van der Waals surface area contributed by atoms with Crippen LogP contribution in [-0.4, -0.2) is 33.4 Å². The van der Waals surface area contributed by atoms with Crippen molar-refractivity contribution in [1.29, 1.82) is 0 Å². The number of rotatable bonds is 8. The summed E-state index contributed by atoms with van der Waals surface area (Å²) >= 11 is 5.73. The summed E-state index contributed by atoms with van der Waals surface area (Å²) in [6.07, 6.45) is 0. The second kappa shape index (κ2) is 9.32. The Balaban J connectivity index is 2.20. The average molecular weight is 411 g/mol. The molecule has 2 aromatic rings. The number of hydrogen-bond acceptors (Lipinski definition) is 5. The maximum absolute atomic E-state index is 12.7. The fourth-order valence-corrected chi connectivity index (χ4v) is 3.52. The van der Waals surface area contributed by atoms with Gasteiger partial charge in [-0.1, -0.05) is 35.9 Å². The number of para-hydroxylation sites is 1. The van der Waals surface area contributed by atoms with Gasteiger partial charge >= 0.3 is 0 Å². The van der Waals surface area contributed by atoms with Crippen LogP contribution in [0.15, 0.2) is 47.4 Å². The molecule has 0 aliphatic carbocycles. The SMILES string of the molecule is Cc1ccc(S(=O)(=O)OCC(=O)N(NCCCl)c2c(C)cccc2C)cc1. The zero-order chi connectivity index (χ0) is 20.0. The largest absolute Gasteiger partial charge is 0.297 e. The number of benzene rings is 2. The van der Waals surface area contributed by atoms with Gasteiger partial charge in [-0.05, 0) is 44.0 Å². The molecule has 1 amide bonds. The molecule has 27 heavy (non-hydrogen) atoms. The predicted molar refractivity (Wildman–Crippen MR) is 106 cm³/mol. The van der Waals surface area contributed by atoms with E-state index < -0.39 is 22.6 Å². The van der Waals surface area contributed by atoms with E-state index in [0.717, 1.165) is 16.7 Å². The first-order valence-corrected chi connectivity index (χ1v) is 10.4. The van der Waals surface area contributed by atoms with Crippen LogP contribution in [0.2, 0.25) is 0 Å². The Kier molecular flexibility index (Phi) is 7.38. The number of hydrogen-bond donors (Lipinski definition) is 1. The summed E-state index contributed by atoms with van der Waals surface area (Å²) < 4.78 is 29.6. The molecule has 0 radical (unpaired) electrons. The van der Waals surface area contributed by atoms with Gasteiger partial charge in [-0.15, -0.1) is 11.6 Å². The van der Waals surface area contributed by atoms with E-state index >= 15 is 0 Å². The summed E-state index contributed by atoms with van der Waals surface area (Å²) in [4.78, 5) is 12.7. The smallest absolute Gasteiger partial charge is 0.270 e. The van der Waals surface area contributed by atoms with Crippen molar-refractivity contribution in [3.8, 4) is 0 Å². The highest BCUT2D eigenvalue weighted by molar-refractivity contribution is 7.86. The van der Waals surface area contributed by atoms with Crippen molar-refractivity contribution in [3.05, 3.63) is 59.2 Å². The van der Waals surface area contributed by atoms with Gasteiger partial charge in [0.2, 0.25) is 0 Å². The minimum atomic E-state index is -4.03. The zero-order valence-corrected chi connectivity index (χ0v) is 17.1. The molecule has 0 aromatic heterocycles. The summed E-state index contributed by atoms with van der Waals surface area (Å²) in [5.74, 6) is -0.245. The third kappa shape index (κ3) is 5.52. The van der Waals surface area contributed by atoms with Crippen LogP contribution in [0.3, 0.4) is 0 Å². The number of amides is 1. The van der Waals surface area contributed by atoms with Gasteiger partial charge in [0.15, 0.2) is 0 Å². The van der Waals surface area contributed by atoms with Crippen molar-refractivity contribution in [2.45, 2.75) is 25.7 Å². The Morgan fingerprint density at radius 2 is 1.67 bits per heavy atom. The number of carbonyl (C=O) groups excluding carboxylic acids is 1. The summed E-state index contributed by atoms with van der Waals surface area (Å²) in [5.41, 5.74) is 6.25. The Bertz CT molecular complexity index is 878. The van der Waals surface area contributed by atoms with Crippen molar-refractivity contribution in [1.82, 2.24) is 5.43 Å². The van der Waals surface area contributed by atoms with E-state index in [4.69, 9.17) is 15.8 Å². The number of alkyl halides is 1. The fourth-order valence-electron chi connectivity index (χ4n) is 2.57. The summed E-state index contributed by atoms with van der Waals surface area (Å²) in [6, 6.07) is 11.9. The third-order valence-electron chi connectivity index (χ3n) is 3.92. The van der Waals surface area contributed by atoms with Gasteiger partial charge < -0.3 is 0 Å². The van der Waals surface area contributed by atoms with Crippen LogP contribution in [-0.2, 0) is 19.1 Å². The first-order chi connectivity index (χ1) is 12.8. The highest BCUT2D eigenvalue weighted by Crippen LogP contribution is 2.24. The van der Waals surface area contributed by atoms with E-state index in [1.165, 1.54) is 17.1 Å². The predicted octanol–water partition coefficient (Wildman–Crippen LogP) is 3.09. The molecule has 2 aromatic carbocycles. The lowest BCUT2D eigenvalue weighted by Crippen LogP contribution is -2.46. The van der Waals surface area contributed by atoms with E-state index in [9.17, 15) is 13.2 Å². The molecule has 0 heterocycles.